The zero-order valence-electron chi connectivity index (χ0n) is 18.0. The highest BCUT2D eigenvalue weighted by Crippen LogP contribution is 2.42. The van der Waals surface area contributed by atoms with Gasteiger partial charge in [0.1, 0.15) is 10.5 Å². The molecule has 0 bridgehead atoms. The maximum absolute atomic E-state index is 12.7. The minimum Gasteiger partial charge on any atom is -0.462 e. The van der Waals surface area contributed by atoms with Crippen LogP contribution in [0.3, 0.4) is 0 Å². The summed E-state index contributed by atoms with van der Waals surface area (Å²) in [5.74, 6) is -0.979. The van der Waals surface area contributed by atoms with E-state index in [1.807, 2.05) is 6.92 Å². The SMILES string of the molecule is CCOC(=O)c1c(NC(=O)COC(=O)[C@H]2C[C@H]2C)sc2c1CC(C)(C)[NH2+]C2(C)C. The van der Waals surface area contributed by atoms with Crippen molar-refractivity contribution < 1.29 is 29.2 Å². The molecule has 1 aromatic rings. The van der Waals surface area contributed by atoms with Gasteiger partial charge in [-0.25, -0.2) is 4.79 Å². The van der Waals surface area contributed by atoms with Crippen molar-refractivity contribution in [3.8, 4) is 0 Å². The van der Waals surface area contributed by atoms with E-state index in [1.165, 1.54) is 11.3 Å². The zero-order valence-corrected chi connectivity index (χ0v) is 18.8. The summed E-state index contributed by atoms with van der Waals surface area (Å²) in [6.07, 6.45) is 1.51. The van der Waals surface area contributed by atoms with Crippen LogP contribution in [0, 0.1) is 11.8 Å². The van der Waals surface area contributed by atoms with Crippen LogP contribution in [0.4, 0.5) is 5.00 Å². The Kier molecular flexibility index (Phi) is 5.80. The van der Waals surface area contributed by atoms with Crippen molar-refractivity contribution in [1.29, 1.82) is 0 Å². The number of esters is 2. The molecule has 1 saturated carbocycles. The topological polar surface area (TPSA) is 98.3 Å². The first-order chi connectivity index (χ1) is 13.4. The summed E-state index contributed by atoms with van der Waals surface area (Å²) in [6.45, 7) is 12.1. The molecule has 29 heavy (non-hydrogen) atoms. The van der Waals surface area contributed by atoms with Crippen molar-refractivity contribution in [3.05, 3.63) is 16.0 Å². The molecule has 3 N–H and O–H groups in total. The fourth-order valence-corrected chi connectivity index (χ4v) is 5.56. The zero-order chi connectivity index (χ0) is 21.6. The van der Waals surface area contributed by atoms with Crippen molar-refractivity contribution in [1.82, 2.24) is 0 Å². The van der Waals surface area contributed by atoms with Crippen LogP contribution in [0.2, 0.25) is 0 Å². The van der Waals surface area contributed by atoms with Crippen LogP contribution in [0.25, 0.3) is 0 Å². The quantitative estimate of drug-likeness (QED) is 0.684. The lowest BCUT2D eigenvalue weighted by atomic mass is 9.81. The molecule has 3 rings (SSSR count). The van der Waals surface area contributed by atoms with E-state index < -0.39 is 11.9 Å². The van der Waals surface area contributed by atoms with E-state index in [0.29, 0.717) is 22.9 Å². The molecule has 7 nitrogen and oxygen atoms in total. The van der Waals surface area contributed by atoms with Gasteiger partial charge in [-0.15, -0.1) is 11.3 Å². The first-order valence-electron chi connectivity index (χ1n) is 10.1. The van der Waals surface area contributed by atoms with Gasteiger partial charge in [0.2, 0.25) is 0 Å². The molecule has 0 spiro atoms. The molecule has 8 heteroatoms. The van der Waals surface area contributed by atoms with E-state index in [4.69, 9.17) is 9.47 Å². The molecule has 0 radical (unpaired) electrons. The van der Waals surface area contributed by atoms with Gasteiger partial charge in [-0.2, -0.15) is 0 Å². The highest BCUT2D eigenvalue weighted by Gasteiger charge is 2.45. The summed E-state index contributed by atoms with van der Waals surface area (Å²) in [6, 6.07) is 0. The fourth-order valence-electron chi connectivity index (χ4n) is 4.27. The van der Waals surface area contributed by atoms with Gasteiger partial charge >= 0.3 is 11.9 Å². The predicted molar refractivity (Wildman–Crippen MR) is 110 cm³/mol. The van der Waals surface area contributed by atoms with Crippen LogP contribution in [0.5, 0.6) is 0 Å². The van der Waals surface area contributed by atoms with Crippen molar-refractivity contribution in [3.63, 3.8) is 0 Å². The van der Waals surface area contributed by atoms with E-state index in [9.17, 15) is 14.4 Å². The number of ether oxygens (including phenoxy) is 2. The van der Waals surface area contributed by atoms with E-state index in [2.05, 4.69) is 38.3 Å². The minimum atomic E-state index is -0.447. The molecule has 2 aliphatic rings. The minimum absolute atomic E-state index is 0.0867. The number of rotatable bonds is 6. The smallest absolute Gasteiger partial charge is 0.341 e. The molecule has 1 aliphatic heterocycles. The number of fused-ring (bicyclic) bond motifs is 1. The Balaban J connectivity index is 1.84. The number of nitrogens with one attached hydrogen (secondary N) is 1. The van der Waals surface area contributed by atoms with Gasteiger partial charge in [0.15, 0.2) is 6.61 Å². The number of nitrogens with two attached hydrogens (primary N) is 1. The molecule has 0 saturated heterocycles. The lowest BCUT2D eigenvalue weighted by Gasteiger charge is -2.38. The number of thiophene rings is 1. The Hall–Kier alpha value is -1.93. The molecule has 1 aliphatic carbocycles. The van der Waals surface area contributed by atoms with Gasteiger partial charge in [0.05, 0.1) is 28.5 Å². The summed E-state index contributed by atoms with van der Waals surface area (Å²) in [7, 11) is 0. The summed E-state index contributed by atoms with van der Waals surface area (Å²) < 4.78 is 10.4. The summed E-state index contributed by atoms with van der Waals surface area (Å²) in [4.78, 5) is 38.1. The maximum atomic E-state index is 12.7. The van der Waals surface area contributed by atoms with Gasteiger partial charge in [-0.1, -0.05) is 6.92 Å². The Morgan fingerprint density at radius 1 is 1.21 bits per heavy atom. The summed E-state index contributed by atoms with van der Waals surface area (Å²) >= 11 is 1.40. The van der Waals surface area contributed by atoms with Crippen LogP contribution in [-0.2, 0) is 31.0 Å². The first kappa shape index (κ1) is 21.8. The molecular formula is C21H31N2O5S+. The fraction of sp³-hybridized carbons (Fsp3) is 0.667. The third-order valence-electron chi connectivity index (χ3n) is 5.47. The van der Waals surface area contributed by atoms with Gasteiger partial charge < -0.3 is 20.1 Å². The summed E-state index contributed by atoms with van der Waals surface area (Å²) in [5.41, 5.74) is 1.04. The van der Waals surface area contributed by atoms with E-state index in [-0.39, 0.29) is 36.2 Å². The molecule has 2 atom stereocenters. The second-order valence-electron chi connectivity index (χ2n) is 9.34. The van der Waals surface area contributed by atoms with Crippen LogP contribution >= 0.6 is 11.3 Å². The average molecular weight is 424 g/mol. The van der Waals surface area contributed by atoms with Gasteiger partial charge in [-0.05, 0) is 52.5 Å². The molecule has 1 fully saturated rings. The normalized spacial score (nSPS) is 23.7. The number of amides is 1. The Morgan fingerprint density at radius 2 is 1.86 bits per heavy atom. The van der Waals surface area contributed by atoms with E-state index in [1.54, 1.807) is 6.92 Å². The van der Waals surface area contributed by atoms with Crippen LogP contribution in [0.15, 0.2) is 0 Å². The molecule has 1 aromatic heterocycles. The van der Waals surface area contributed by atoms with Crippen LogP contribution < -0.4 is 10.6 Å². The average Bonchev–Trinajstić information content (AvgIpc) is 3.20. The lowest BCUT2D eigenvalue weighted by molar-refractivity contribution is -0.789. The molecule has 1 amide bonds. The number of carbonyl (C=O) groups excluding carboxylic acids is 3. The van der Waals surface area contributed by atoms with Crippen LogP contribution in [0.1, 0.15) is 68.8 Å². The third-order valence-corrected chi connectivity index (χ3v) is 6.95. The molecule has 0 aromatic carbocycles. The van der Waals surface area contributed by atoms with Crippen molar-refractivity contribution in [2.75, 3.05) is 18.5 Å². The van der Waals surface area contributed by atoms with Gasteiger partial charge in [0, 0.05) is 6.42 Å². The summed E-state index contributed by atoms with van der Waals surface area (Å²) in [5, 5.41) is 5.54. The van der Waals surface area contributed by atoms with Crippen LogP contribution in [-0.4, -0.2) is 36.6 Å². The van der Waals surface area contributed by atoms with Crippen molar-refractivity contribution >= 4 is 34.2 Å². The Bertz CT molecular complexity index is 842. The Morgan fingerprint density at radius 3 is 2.45 bits per heavy atom. The number of anilines is 1. The van der Waals surface area contributed by atoms with Crippen molar-refractivity contribution in [2.24, 2.45) is 11.8 Å². The number of hydrogen-bond acceptors (Lipinski definition) is 6. The number of carbonyl (C=O) groups is 3. The first-order valence-corrected chi connectivity index (χ1v) is 10.9. The van der Waals surface area contributed by atoms with E-state index in [0.717, 1.165) is 16.9 Å². The second kappa shape index (κ2) is 7.72. The lowest BCUT2D eigenvalue weighted by Crippen LogP contribution is -3.03. The second-order valence-corrected chi connectivity index (χ2v) is 10.4. The monoisotopic (exact) mass is 423 g/mol. The number of quaternary nitrogens is 1. The van der Waals surface area contributed by atoms with Gasteiger partial charge in [-0.3, -0.25) is 9.59 Å². The highest BCUT2D eigenvalue weighted by molar-refractivity contribution is 7.17. The van der Waals surface area contributed by atoms with Gasteiger partial charge in [0.25, 0.3) is 5.91 Å². The molecule has 0 unspecified atom stereocenters. The predicted octanol–water partition coefficient (Wildman–Crippen LogP) is 2.20. The van der Waals surface area contributed by atoms with Crippen molar-refractivity contribution in [2.45, 2.75) is 65.5 Å². The molecule has 160 valence electrons. The maximum Gasteiger partial charge on any atom is 0.341 e. The standard InChI is InChI=1S/C21H30N2O5S/c1-7-27-19(26)15-13-9-20(3,4)23-21(5,6)16(13)29-17(15)22-14(24)10-28-18(25)12-8-11(12)2/h11-12,23H,7-10H2,1-6H3,(H,22,24)/p+1/t11-,12+/m1/s1. The highest BCUT2D eigenvalue weighted by atomic mass is 32.1. The molecule has 2 heterocycles. The number of hydrogen-bond donors (Lipinski definition) is 2. The Labute approximate surface area is 175 Å². The van der Waals surface area contributed by atoms with E-state index >= 15 is 0 Å². The largest absolute Gasteiger partial charge is 0.462 e. The molecular weight excluding hydrogens is 392 g/mol. The third kappa shape index (κ3) is 4.64.